The van der Waals surface area contributed by atoms with Gasteiger partial charge in [-0.2, -0.15) is 0 Å². The van der Waals surface area contributed by atoms with E-state index in [9.17, 15) is 0 Å². The molecule has 2 nitrogen and oxygen atoms in total. The quantitative estimate of drug-likeness (QED) is 0.446. The minimum Gasteiger partial charge on any atom is -1.00 e. The van der Waals surface area contributed by atoms with E-state index >= 15 is 0 Å². The van der Waals surface area contributed by atoms with E-state index in [0.717, 1.165) is 18.7 Å². The molecule has 4 aromatic rings. The number of nitrogens with zero attached hydrogens (tertiary/aromatic N) is 1. The molecule has 0 saturated heterocycles. The zero-order valence-corrected chi connectivity index (χ0v) is 18.2. The zero-order valence-electron chi connectivity index (χ0n) is 15.8. The van der Waals surface area contributed by atoms with Crippen LogP contribution in [-0.4, -0.2) is 0 Å². The average molecular weight is 451 g/mol. The summed E-state index contributed by atoms with van der Waals surface area (Å²) in [6.45, 7) is 3.15. The number of hydrogen-bond acceptors (Lipinski definition) is 2. The van der Waals surface area contributed by atoms with Crippen LogP contribution in [0.4, 0.5) is 10.8 Å². The third kappa shape index (κ3) is 4.70. The van der Waals surface area contributed by atoms with Crippen LogP contribution >= 0.6 is 11.3 Å². The lowest BCUT2D eigenvalue weighted by Crippen LogP contribution is -3.00. The highest BCUT2D eigenvalue weighted by molar-refractivity contribution is 7.15. The molecule has 0 fully saturated rings. The number of aromatic nitrogens is 1. The van der Waals surface area contributed by atoms with Gasteiger partial charge in [0.15, 0.2) is 0 Å². The van der Waals surface area contributed by atoms with E-state index in [0.29, 0.717) is 0 Å². The highest BCUT2D eigenvalue weighted by atomic mass is 79.9. The fourth-order valence-electron chi connectivity index (χ4n) is 3.33. The monoisotopic (exact) mass is 450 g/mol. The van der Waals surface area contributed by atoms with Crippen LogP contribution in [-0.2, 0) is 13.0 Å². The number of para-hydroxylation sites is 1. The normalized spacial score (nSPS) is 10.3. The van der Waals surface area contributed by atoms with Gasteiger partial charge in [-0.15, -0.1) is 0 Å². The van der Waals surface area contributed by atoms with E-state index in [-0.39, 0.29) is 17.0 Å². The Morgan fingerprint density at radius 2 is 1.36 bits per heavy atom. The van der Waals surface area contributed by atoms with Crippen LogP contribution in [0.5, 0.6) is 0 Å². The van der Waals surface area contributed by atoms with Crippen LogP contribution in [0, 0.1) is 6.92 Å². The van der Waals surface area contributed by atoms with Gasteiger partial charge in [-0.3, -0.25) is 0 Å². The van der Waals surface area contributed by atoms with Crippen molar-refractivity contribution in [3.63, 3.8) is 0 Å². The summed E-state index contributed by atoms with van der Waals surface area (Å²) in [5.41, 5.74) is 5.04. The fourth-order valence-corrected chi connectivity index (χ4v) is 4.41. The number of hydrogen-bond donors (Lipinski definition) is 1. The van der Waals surface area contributed by atoms with Gasteiger partial charge in [0.25, 0.3) is 0 Å². The van der Waals surface area contributed by atoms with Crippen LogP contribution in [0.1, 0.15) is 10.4 Å². The maximum absolute atomic E-state index is 3.62. The summed E-state index contributed by atoms with van der Waals surface area (Å²) in [5, 5.41) is 4.80. The van der Waals surface area contributed by atoms with E-state index in [1.165, 1.54) is 26.8 Å². The van der Waals surface area contributed by atoms with Gasteiger partial charge in [0.1, 0.15) is 11.4 Å². The molecule has 0 bridgehead atoms. The van der Waals surface area contributed by atoms with Crippen molar-refractivity contribution in [1.29, 1.82) is 0 Å². The molecule has 0 unspecified atom stereocenters. The van der Waals surface area contributed by atoms with Gasteiger partial charge < -0.3 is 17.0 Å². The van der Waals surface area contributed by atoms with Crippen LogP contribution in [0.15, 0.2) is 91.0 Å². The highest BCUT2D eigenvalue weighted by Crippen LogP contribution is 2.30. The van der Waals surface area contributed by atoms with E-state index in [1.807, 2.05) is 17.4 Å². The summed E-state index contributed by atoms with van der Waals surface area (Å²) >= 11 is 1.82. The number of halogens is 1. The molecular weight excluding hydrogens is 428 g/mol. The number of thiazole rings is 1. The SMILES string of the molecule is Cc1sc(Nc2ccccc2)[n+](CCc2ccccc2)c1-c1ccccc1.[Br-]. The van der Waals surface area contributed by atoms with Crippen LogP contribution in [0.25, 0.3) is 11.3 Å². The molecule has 0 aliphatic heterocycles. The Labute approximate surface area is 181 Å². The molecule has 0 atom stereocenters. The van der Waals surface area contributed by atoms with E-state index in [1.54, 1.807) is 0 Å². The smallest absolute Gasteiger partial charge is 0.339 e. The molecule has 4 rings (SSSR count). The molecule has 0 aliphatic carbocycles. The van der Waals surface area contributed by atoms with E-state index in [2.05, 4.69) is 102 Å². The van der Waals surface area contributed by atoms with Crippen molar-refractivity contribution in [3.05, 3.63) is 101 Å². The topological polar surface area (TPSA) is 15.9 Å². The molecule has 0 amide bonds. The third-order valence-electron chi connectivity index (χ3n) is 4.64. The first-order valence-corrected chi connectivity index (χ1v) is 10.1. The fraction of sp³-hybridized carbons (Fsp3) is 0.125. The first-order chi connectivity index (χ1) is 13.3. The van der Waals surface area contributed by atoms with Gasteiger partial charge in [0.05, 0.1) is 11.4 Å². The van der Waals surface area contributed by atoms with Gasteiger partial charge in [-0.25, -0.2) is 9.88 Å². The predicted molar refractivity (Wildman–Crippen MR) is 115 cm³/mol. The summed E-state index contributed by atoms with van der Waals surface area (Å²) in [5.74, 6) is 0. The summed E-state index contributed by atoms with van der Waals surface area (Å²) < 4.78 is 2.43. The van der Waals surface area contributed by atoms with Gasteiger partial charge in [-0.05, 0) is 24.6 Å². The molecule has 28 heavy (non-hydrogen) atoms. The Morgan fingerprint density at radius 3 is 2.00 bits per heavy atom. The number of rotatable bonds is 6. The molecule has 142 valence electrons. The zero-order chi connectivity index (χ0) is 18.5. The van der Waals surface area contributed by atoms with Crippen molar-refractivity contribution in [3.8, 4) is 11.3 Å². The lowest BCUT2D eigenvalue weighted by Gasteiger charge is -2.07. The average Bonchev–Trinajstić information content (AvgIpc) is 3.03. The Hall–Kier alpha value is -2.43. The maximum Gasteiger partial charge on any atom is 0.339 e. The molecule has 0 saturated carbocycles. The second-order valence-electron chi connectivity index (χ2n) is 6.56. The Morgan fingerprint density at radius 1 is 0.786 bits per heavy atom. The maximum atomic E-state index is 3.62. The second kappa shape index (κ2) is 9.67. The molecule has 1 N–H and O–H groups in total. The number of aryl methyl sites for hydroxylation is 2. The number of benzene rings is 3. The van der Waals surface area contributed by atoms with Gasteiger partial charge in [0, 0.05) is 12.0 Å². The molecule has 0 aliphatic rings. The molecular formula is C24H23BrN2S. The molecule has 1 heterocycles. The van der Waals surface area contributed by atoms with E-state index < -0.39 is 0 Å². The van der Waals surface area contributed by atoms with Crippen LogP contribution in [0.3, 0.4) is 0 Å². The minimum atomic E-state index is 0. The Balaban J connectivity index is 0.00000225. The standard InChI is InChI=1S/C24H22N2S.BrH/c1-19-23(21-13-7-3-8-14-21)26(18-17-20-11-5-2-6-12-20)24(27-19)25-22-15-9-4-10-16-22;/h2-16H,17-18H2,1H3;1H. The summed E-state index contributed by atoms with van der Waals surface area (Å²) in [7, 11) is 0. The summed E-state index contributed by atoms with van der Waals surface area (Å²) in [6, 6.07) is 31.8. The van der Waals surface area contributed by atoms with Crippen LogP contribution < -0.4 is 26.9 Å². The molecule has 3 aromatic carbocycles. The molecule has 0 radical (unpaired) electrons. The Bertz CT molecular complexity index is 999. The number of anilines is 2. The minimum absolute atomic E-state index is 0. The lowest BCUT2D eigenvalue weighted by atomic mass is 10.1. The molecule has 0 spiro atoms. The van der Waals surface area contributed by atoms with Crippen molar-refractivity contribution in [2.45, 2.75) is 19.9 Å². The van der Waals surface area contributed by atoms with Gasteiger partial charge >= 0.3 is 5.13 Å². The van der Waals surface area contributed by atoms with Crippen molar-refractivity contribution >= 4 is 22.2 Å². The van der Waals surface area contributed by atoms with Crippen molar-refractivity contribution in [2.24, 2.45) is 0 Å². The Kier molecular flexibility index (Phi) is 7.01. The summed E-state index contributed by atoms with van der Waals surface area (Å²) in [6.07, 6.45) is 1.00. The largest absolute Gasteiger partial charge is 1.00 e. The third-order valence-corrected chi connectivity index (χ3v) is 5.65. The number of nitrogens with one attached hydrogen (secondary N) is 1. The predicted octanol–water partition coefficient (Wildman–Crippen LogP) is 3.00. The van der Waals surface area contributed by atoms with Gasteiger partial charge in [-0.1, -0.05) is 90.2 Å². The van der Waals surface area contributed by atoms with E-state index in [4.69, 9.17) is 0 Å². The van der Waals surface area contributed by atoms with Gasteiger partial charge in [0.2, 0.25) is 0 Å². The first kappa shape index (κ1) is 20.3. The van der Waals surface area contributed by atoms with Crippen molar-refractivity contribution in [2.75, 3.05) is 5.32 Å². The highest BCUT2D eigenvalue weighted by Gasteiger charge is 2.23. The molecule has 1 aromatic heterocycles. The summed E-state index contributed by atoms with van der Waals surface area (Å²) in [4.78, 5) is 1.33. The van der Waals surface area contributed by atoms with Crippen LogP contribution in [0.2, 0.25) is 0 Å². The van der Waals surface area contributed by atoms with Crippen molar-refractivity contribution in [1.82, 2.24) is 0 Å². The lowest BCUT2D eigenvalue weighted by molar-refractivity contribution is -0.667. The molecule has 4 heteroatoms. The van der Waals surface area contributed by atoms with Crippen molar-refractivity contribution < 1.29 is 21.5 Å². The first-order valence-electron chi connectivity index (χ1n) is 9.26. The second-order valence-corrected chi connectivity index (χ2v) is 7.76.